The van der Waals surface area contributed by atoms with Crippen molar-refractivity contribution in [2.24, 2.45) is 11.5 Å². The van der Waals surface area contributed by atoms with Crippen LogP contribution in [0, 0.1) is 17.7 Å². The topological polar surface area (TPSA) is 143 Å². The Labute approximate surface area is 281 Å². The number of aromatic nitrogens is 2. The first-order chi connectivity index (χ1) is 22.6. The number of aryl methyl sites for hydroxylation is 1. The minimum absolute atomic E-state index is 0.0166. The van der Waals surface area contributed by atoms with Gasteiger partial charge in [0.15, 0.2) is 27.5 Å². The van der Waals surface area contributed by atoms with Crippen molar-refractivity contribution in [1.29, 1.82) is 0 Å². The number of fused-ring (bicyclic) bond motifs is 1. The molecule has 0 saturated carbocycles. The quantitative estimate of drug-likeness (QED) is 0.105. The molecule has 0 bridgehead atoms. The highest BCUT2D eigenvalue weighted by atomic mass is 32.1. The van der Waals surface area contributed by atoms with Crippen molar-refractivity contribution in [3.63, 3.8) is 0 Å². The zero-order chi connectivity index (χ0) is 33.5. The van der Waals surface area contributed by atoms with Gasteiger partial charge in [0.2, 0.25) is 0 Å². The minimum Gasteiger partial charge on any atom is -0.491 e. The number of nitrogens with two attached hydrogens (primary N) is 2. The molecule has 1 aliphatic heterocycles. The van der Waals surface area contributed by atoms with Crippen molar-refractivity contribution < 1.29 is 19.0 Å². The fourth-order valence-corrected chi connectivity index (χ4v) is 7.00. The highest BCUT2D eigenvalue weighted by Crippen LogP contribution is 2.35. The van der Waals surface area contributed by atoms with Crippen LogP contribution in [0.5, 0.6) is 5.75 Å². The Bertz CT molecular complexity index is 1860. The standard InChI is InChI=1S/C34H38FN7O3S2/c1-4-41(3)17-7-10-22-15-16-26(24(35)20-22)45-19-9-14-28-29(32(43)44)39-34(47-28)42-18-8-11-23(31(42)37)21(2)30(36)40-33-38-25-12-5-6-13-27(25)46-33/h5-6,12-13,15-16,20H,4,8-9,11,14,17-19,36-37H2,1-3H3,(H,38,40)(H,43,44)/b30-21+. The number of halogens is 1. The van der Waals surface area contributed by atoms with Crippen LogP contribution >= 0.6 is 22.7 Å². The summed E-state index contributed by atoms with van der Waals surface area (Å²) in [6.07, 6.45) is 2.38. The normalized spacial score (nSPS) is 13.9. The summed E-state index contributed by atoms with van der Waals surface area (Å²) in [7, 11) is 1.97. The molecule has 0 saturated heterocycles. The Balaban J connectivity index is 1.24. The number of carboxylic acid groups (broad SMARTS) is 1. The summed E-state index contributed by atoms with van der Waals surface area (Å²) >= 11 is 2.80. The van der Waals surface area contributed by atoms with Crippen LogP contribution in [0.1, 0.15) is 54.0 Å². The molecule has 0 amide bonds. The van der Waals surface area contributed by atoms with Crippen LogP contribution in [0.2, 0.25) is 0 Å². The Morgan fingerprint density at radius 3 is 2.79 bits per heavy atom. The molecule has 5 rings (SSSR count). The van der Waals surface area contributed by atoms with E-state index in [1.165, 1.54) is 28.7 Å². The molecule has 2 aromatic heterocycles. The first-order valence-corrected chi connectivity index (χ1v) is 17.0. The second-order valence-corrected chi connectivity index (χ2v) is 13.2. The number of benzene rings is 2. The number of carbonyl (C=O) groups is 1. The minimum atomic E-state index is -1.11. The maximum atomic E-state index is 14.6. The molecule has 4 aromatic rings. The highest BCUT2D eigenvalue weighted by Gasteiger charge is 2.26. The number of nitrogens with one attached hydrogen (secondary N) is 1. The van der Waals surface area contributed by atoms with E-state index < -0.39 is 11.8 Å². The molecule has 3 heterocycles. The maximum absolute atomic E-state index is 14.6. The number of nitrogens with zero attached hydrogens (tertiary/aromatic N) is 4. The summed E-state index contributed by atoms with van der Waals surface area (Å²) in [4.78, 5) is 25.7. The molecule has 13 heteroatoms. The number of hydrogen-bond donors (Lipinski definition) is 4. The third-order valence-corrected chi connectivity index (χ3v) is 9.87. The summed E-state index contributed by atoms with van der Waals surface area (Å²) in [5.74, 6) is 5.46. The second-order valence-electron chi connectivity index (χ2n) is 11.1. The van der Waals surface area contributed by atoms with Gasteiger partial charge in [-0.05, 0) is 87.7 Å². The van der Waals surface area contributed by atoms with Crippen LogP contribution in [-0.2, 0) is 6.42 Å². The Kier molecular flexibility index (Phi) is 11.0. The predicted molar refractivity (Wildman–Crippen MR) is 187 cm³/mol. The Morgan fingerprint density at radius 1 is 1.23 bits per heavy atom. The van der Waals surface area contributed by atoms with E-state index in [4.69, 9.17) is 16.2 Å². The molecule has 2 aromatic carbocycles. The van der Waals surface area contributed by atoms with Gasteiger partial charge in [-0.25, -0.2) is 19.2 Å². The summed E-state index contributed by atoms with van der Waals surface area (Å²) in [6.45, 7) is 6.24. The lowest BCUT2D eigenvalue weighted by Crippen LogP contribution is -2.34. The van der Waals surface area contributed by atoms with Crippen LogP contribution in [0.3, 0.4) is 0 Å². The molecule has 0 unspecified atom stereocenters. The Morgan fingerprint density at radius 2 is 2.04 bits per heavy atom. The highest BCUT2D eigenvalue weighted by molar-refractivity contribution is 7.22. The van der Waals surface area contributed by atoms with Crippen molar-refractivity contribution >= 4 is 49.1 Å². The molecular formula is C34H38FN7O3S2. The van der Waals surface area contributed by atoms with E-state index in [0.29, 0.717) is 58.3 Å². The number of allylic oxidation sites excluding steroid dienone is 2. The molecule has 0 spiro atoms. The predicted octanol–water partition coefficient (Wildman–Crippen LogP) is 5.98. The van der Waals surface area contributed by atoms with Gasteiger partial charge in [0.1, 0.15) is 11.6 Å². The lowest BCUT2D eigenvalue weighted by atomic mass is 9.99. The first kappa shape index (κ1) is 33.7. The van der Waals surface area contributed by atoms with Crippen LogP contribution in [0.4, 0.5) is 14.7 Å². The van der Waals surface area contributed by atoms with Crippen LogP contribution < -0.4 is 26.4 Å². The fraction of sp³-hybridized carbons (Fsp3) is 0.324. The molecule has 6 N–H and O–H groups in total. The van der Waals surface area contributed by atoms with E-state index in [2.05, 4.69) is 32.0 Å². The van der Waals surface area contributed by atoms with Gasteiger partial charge in [-0.15, -0.1) is 11.3 Å². The van der Waals surface area contributed by atoms with Gasteiger partial charge in [-0.2, -0.15) is 0 Å². The third kappa shape index (κ3) is 8.21. The molecule has 47 heavy (non-hydrogen) atoms. The molecule has 1 aliphatic rings. The molecule has 0 fully saturated rings. The molecular weight excluding hydrogens is 638 g/mol. The van der Waals surface area contributed by atoms with Crippen molar-refractivity contribution in [3.05, 3.63) is 87.2 Å². The van der Waals surface area contributed by atoms with Gasteiger partial charge >= 0.3 is 5.97 Å². The molecule has 0 radical (unpaired) electrons. The zero-order valence-corrected chi connectivity index (χ0v) is 28.2. The summed E-state index contributed by atoms with van der Waals surface area (Å²) < 4.78 is 21.4. The zero-order valence-electron chi connectivity index (χ0n) is 26.6. The fourth-order valence-electron chi connectivity index (χ4n) is 4.99. The number of para-hydroxylation sites is 1. The largest absolute Gasteiger partial charge is 0.491 e. The van der Waals surface area contributed by atoms with Gasteiger partial charge in [-0.3, -0.25) is 4.90 Å². The third-order valence-electron chi connectivity index (χ3n) is 7.78. The van der Waals surface area contributed by atoms with E-state index in [1.54, 1.807) is 12.1 Å². The second kappa shape index (κ2) is 15.3. The monoisotopic (exact) mass is 675 g/mol. The number of ether oxygens (including phenoxy) is 1. The van der Waals surface area contributed by atoms with E-state index in [0.717, 1.165) is 40.7 Å². The molecule has 246 valence electrons. The number of carboxylic acids is 1. The average molecular weight is 676 g/mol. The number of thiazole rings is 2. The lowest BCUT2D eigenvalue weighted by Gasteiger charge is -2.30. The van der Waals surface area contributed by atoms with Crippen LogP contribution in [0.15, 0.2) is 65.3 Å². The van der Waals surface area contributed by atoms with E-state index in [9.17, 15) is 14.3 Å². The summed E-state index contributed by atoms with van der Waals surface area (Å²) in [6, 6.07) is 12.5. The number of anilines is 2. The van der Waals surface area contributed by atoms with Gasteiger partial charge in [0.05, 0.1) is 23.4 Å². The van der Waals surface area contributed by atoms with Crippen molar-refractivity contribution in [1.82, 2.24) is 14.9 Å². The lowest BCUT2D eigenvalue weighted by molar-refractivity contribution is 0.0690. The Hall–Kier alpha value is -4.64. The van der Waals surface area contributed by atoms with E-state index in [1.807, 2.05) is 50.1 Å². The number of rotatable bonds is 12. The number of hydrogen-bond acceptors (Lipinski definition) is 11. The van der Waals surface area contributed by atoms with Gasteiger partial charge < -0.3 is 31.5 Å². The van der Waals surface area contributed by atoms with E-state index >= 15 is 0 Å². The molecule has 0 aliphatic carbocycles. The summed E-state index contributed by atoms with van der Waals surface area (Å²) in [5.41, 5.74) is 16.3. The van der Waals surface area contributed by atoms with Crippen LogP contribution in [0.25, 0.3) is 10.2 Å². The van der Waals surface area contributed by atoms with Gasteiger partial charge in [-0.1, -0.05) is 42.2 Å². The van der Waals surface area contributed by atoms with Crippen molar-refractivity contribution in [3.8, 4) is 17.6 Å². The van der Waals surface area contributed by atoms with E-state index in [-0.39, 0.29) is 18.1 Å². The van der Waals surface area contributed by atoms with Gasteiger partial charge in [0.25, 0.3) is 0 Å². The van der Waals surface area contributed by atoms with Gasteiger partial charge in [0, 0.05) is 17.0 Å². The van der Waals surface area contributed by atoms with Crippen molar-refractivity contribution in [2.75, 3.05) is 43.5 Å². The number of aromatic carboxylic acids is 1. The first-order valence-electron chi connectivity index (χ1n) is 15.3. The van der Waals surface area contributed by atoms with Crippen LogP contribution in [-0.4, -0.2) is 59.2 Å². The molecule has 0 atom stereocenters. The average Bonchev–Trinajstić information content (AvgIpc) is 3.67. The SMILES string of the molecule is CCN(C)CC#Cc1ccc(OCCCc2sc(N3CCCC(/C(C)=C(\N)Nc4nc5ccccc5s4)=C3N)nc2C(=O)O)c(F)c1. The smallest absolute Gasteiger partial charge is 0.355 e. The van der Waals surface area contributed by atoms with Crippen molar-refractivity contribution in [2.45, 2.75) is 39.5 Å². The summed E-state index contributed by atoms with van der Waals surface area (Å²) in [5, 5.41) is 14.3. The molecule has 10 nitrogen and oxygen atoms in total. The maximum Gasteiger partial charge on any atom is 0.355 e.